The molecule has 1 aromatic heterocycles. The number of ether oxygens (including phenoxy) is 2. The fourth-order valence-corrected chi connectivity index (χ4v) is 4.30. The van der Waals surface area contributed by atoms with Gasteiger partial charge in [0.1, 0.15) is 5.57 Å². The molecular formula is C26H24N4O5. The first-order valence-corrected chi connectivity index (χ1v) is 11.0. The van der Waals surface area contributed by atoms with E-state index in [0.29, 0.717) is 17.1 Å². The van der Waals surface area contributed by atoms with Crippen LogP contribution in [0.15, 0.2) is 54.1 Å². The highest BCUT2D eigenvalue weighted by atomic mass is 16.7. The van der Waals surface area contributed by atoms with Gasteiger partial charge in [-0.2, -0.15) is 0 Å². The number of carbonyl (C=O) groups is 3. The van der Waals surface area contributed by atoms with Gasteiger partial charge in [-0.1, -0.05) is 0 Å². The van der Waals surface area contributed by atoms with Gasteiger partial charge in [-0.3, -0.25) is 14.9 Å². The van der Waals surface area contributed by atoms with Crippen molar-refractivity contribution in [1.82, 2.24) is 9.88 Å². The SMILES string of the molecule is Cc1cc(/C=C2\C(=O)NC(=O)N(c3ccc4c(c3)OCO4)C2=O)c(C)n1-c1ccc(N(C)C)cc1. The Balaban J connectivity index is 1.51. The predicted molar refractivity (Wildman–Crippen MR) is 131 cm³/mol. The summed E-state index contributed by atoms with van der Waals surface area (Å²) < 4.78 is 12.7. The molecule has 1 fully saturated rings. The molecule has 9 heteroatoms. The van der Waals surface area contributed by atoms with Crippen molar-refractivity contribution in [2.24, 2.45) is 0 Å². The Kier molecular flexibility index (Phi) is 5.32. The lowest BCUT2D eigenvalue weighted by molar-refractivity contribution is -0.122. The molecule has 0 unspecified atom stereocenters. The quantitative estimate of drug-likeness (QED) is 0.461. The number of barbiturate groups is 1. The summed E-state index contributed by atoms with van der Waals surface area (Å²) in [6, 6.07) is 13.9. The number of nitrogens with zero attached hydrogens (tertiary/aromatic N) is 3. The lowest BCUT2D eigenvalue weighted by Crippen LogP contribution is -2.54. The molecule has 0 spiro atoms. The summed E-state index contributed by atoms with van der Waals surface area (Å²) in [5, 5.41) is 2.26. The number of imide groups is 2. The van der Waals surface area contributed by atoms with E-state index in [4.69, 9.17) is 9.47 Å². The zero-order valence-corrected chi connectivity index (χ0v) is 19.8. The number of nitrogens with one attached hydrogen (secondary N) is 1. The molecule has 0 atom stereocenters. The molecule has 4 amide bonds. The van der Waals surface area contributed by atoms with E-state index >= 15 is 0 Å². The average Bonchev–Trinajstić information content (AvgIpc) is 3.39. The molecule has 0 saturated carbocycles. The third-order valence-electron chi connectivity index (χ3n) is 6.11. The fourth-order valence-electron chi connectivity index (χ4n) is 4.30. The van der Waals surface area contributed by atoms with Gasteiger partial charge in [0.05, 0.1) is 5.69 Å². The van der Waals surface area contributed by atoms with Gasteiger partial charge in [0, 0.05) is 42.9 Å². The smallest absolute Gasteiger partial charge is 0.335 e. The summed E-state index contributed by atoms with van der Waals surface area (Å²) in [6.45, 7) is 3.95. The van der Waals surface area contributed by atoms with Crippen molar-refractivity contribution < 1.29 is 23.9 Å². The Morgan fingerprint density at radius 3 is 2.31 bits per heavy atom. The van der Waals surface area contributed by atoms with E-state index < -0.39 is 17.8 Å². The van der Waals surface area contributed by atoms with E-state index in [2.05, 4.69) is 9.88 Å². The van der Waals surface area contributed by atoms with Crippen LogP contribution in [-0.2, 0) is 9.59 Å². The van der Waals surface area contributed by atoms with Crippen LogP contribution in [0.4, 0.5) is 16.2 Å². The number of aryl methyl sites for hydroxylation is 1. The van der Waals surface area contributed by atoms with E-state index in [-0.39, 0.29) is 18.1 Å². The monoisotopic (exact) mass is 472 g/mol. The molecule has 0 aliphatic carbocycles. The van der Waals surface area contributed by atoms with E-state index in [1.807, 2.05) is 63.2 Å². The van der Waals surface area contributed by atoms with E-state index in [1.54, 1.807) is 12.1 Å². The minimum atomic E-state index is -0.817. The number of benzene rings is 2. The molecule has 1 N–H and O–H groups in total. The molecule has 3 heterocycles. The Morgan fingerprint density at radius 2 is 1.60 bits per heavy atom. The first-order chi connectivity index (χ1) is 16.7. The molecule has 178 valence electrons. The molecule has 3 aromatic rings. The summed E-state index contributed by atoms with van der Waals surface area (Å²) in [5.74, 6) is -0.499. The van der Waals surface area contributed by atoms with Crippen molar-refractivity contribution >= 4 is 35.3 Å². The number of hydrogen-bond acceptors (Lipinski definition) is 6. The van der Waals surface area contributed by atoms with E-state index in [0.717, 1.165) is 27.7 Å². The molecular weight excluding hydrogens is 448 g/mol. The van der Waals surface area contributed by atoms with Gasteiger partial charge in [0.2, 0.25) is 6.79 Å². The molecule has 2 aliphatic heterocycles. The maximum Gasteiger partial charge on any atom is 0.335 e. The van der Waals surface area contributed by atoms with Crippen LogP contribution in [0.1, 0.15) is 17.0 Å². The zero-order valence-electron chi connectivity index (χ0n) is 19.8. The van der Waals surface area contributed by atoms with Crippen LogP contribution in [0.25, 0.3) is 11.8 Å². The van der Waals surface area contributed by atoms with E-state index in [1.165, 1.54) is 12.1 Å². The molecule has 1 saturated heterocycles. The fraction of sp³-hybridized carbons (Fsp3) is 0.192. The van der Waals surface area contributed by atoms with Crippen LogP contribution in [0.3, 0.4) is 0 Å². The normalized spacial score (nSPS) is 16.2. The molecule has 9 nitrogen and oxygen atoms in total. The highest BCUT2D eigenvalue weighted by Gasteiger charge is 2.37. The summed E-state index contributed by atoms with van der Waals surface area (Å²) in [4.78, 5) is 41.5. The van der Waals surface area contributed by atoms with Gasteiger partial charge < -0.3 is 18.9 Å². The van der Waals surface area contributed by atoms with E-state index in [9.17, 15) is 14.4 Å². The van der Waals surface area contributed by atoms with Gasteiger partial charge in [-0.15, -0.1) is 0 Å². The van der Waals surface area contributed by atoms with Gasteiger partial charge >= 0.3 is 6.03 Å². The van der Waals surface area contributed by atoms with Crippen LogP contribution in [-0.4, -0.2) is 43.3 Å². The number of rotatable bonds is 4. The number of hydrogen-bond donors (Lipinski definition) is 1. The van der Waals surface area contributed by atoms with Crippen molar-refractivity contribution in [3.8, 4) is 17.2 Å². The Morgan fingerprint density at radius 1 is 0.914 bits per heavy atom. The largest absolute Gasteiger partial charge is 0.454 e. The Labute approximate surface area is 202 Å². The summed E-state index contributed by atoms with van der Waals surface area (Å²) in [6.07, 6.45) is 1.52. The maximum atomic E-state index is 13.3. The summed E-state index contributed by atoms with van der Waals surface area (Å²) in [5.41, 5.74) is 4.70. The number of aromatic nitrogens is 1. The van der Waals surface area contributed by atoms with Crippen LogP contribution in [0.5, 0.6) is 11.5 Å². The van der Waals surface area contributed by atoms with Crippen LogP contribution in [0.2, 0.25) is 0 Å². The first-order valence-electron chi connectivity index (χ1n) is 11.0. The Bertz CT molecular complexity index is 1400. The van der Waals surface area contributed by atoms with Crippen LogP contribution < -0.4 is 24.6 Å². The minimum Gasteiger partial charge on any atom is -0.454 e. The number of carbonyl (C=O) groups excluding carboxylic acids is 3. The second-order valence-electron chi connectivity index (χ2n) is 8.57. The maximum absolute atomic E-state index is 13.3. The summed E-state index contributed by atoms with van der Waals surface area (Å²) in [7, 11) is 3.96. The number of fused-ring (bicyclic) bond motifs is 1. The highest BCUT2D eigenvalue weighted by molar-refractivity contribution is 6.39. The van der Waals surface area contributed by atoms with Crippen molar-refractivity contribution in [2.75, 3.05) is 30.7 Å². The molecule has 2 aliphatic rings. The number of anilines is 2. The molecule has 0 radical (unpaired) electrons. The van der Waals surface area contributed by atoms with Gasteiger partial charge in [0.15, 0.2) is 11.5 Å². The second kappa shape index (κ2) is 8.35. The highest BCUT2D eigenvalue weighted by Crippen LogP contribution is 2.36. The number of urea groups is 1. The predicted octanol–water partition coefficient (Wildman–Crippen LogP) is 3.56. The number of amides is 4. The van der Waals surface area contributed by atoms with Crippen molar-refractivity contribution in [2.45, 2.75) is 13.8 Å². The van der Waals surface area contributed by atoms with Crippen molar-refractivity contribution in [3.05, 3.63) is 71.1 Å². The van der Waals surface area contributed by atoms with Crippen molar-refractivity contribution in [3.63, 3.8) is 0 Å². The van der Waals surface area contributed by atoms with Gasteiger partial charge in [-0.05, 0) is 68.0 Å². The van der Waals surface area contributed by atoms with Crippen LogP contribution >= 0.6 is 0 Å². The third kappa shape index (κ3) is 3.80. The first kappa shape index (κ1) is 22.3. The topological polar surface area (TPSA) is 93.1 Å². The van der Waals surface area contributed by atoms with Gasteiger partial charge in [-0.25, -0.2) is 9.69 Å². The second-order valence-corrected chi connectivity index (χ2v) is 8.57. The Hall–Kier alpha value is -4.53. The lowest BCUT2D eigenvalue weighted by Gasteiger charge is -2.26. The van der Waals surface area contributed by atoms with Gasteiger partial charge in [0.25, 0.3) is 11.8 Å². The minimum absolute atomic E-state index is 0.0655. The summed E-state index contributed by atoms with van der Waals surface area (Å²) >= 11 is 0. The molecule has 5 rings (SSSR count). The van der Waals surface area contributed by atoms with Crippen molar-refractivity contribution in [1.29, 1.82) is 0 Å². The molecule has 35 heavy (non-hydrogen) atoms. The lowest BCUT2D eigenvalue weighted by atomic mass is 10.1. The average molecular weight is 473 g/mol. The standard InChI is InChI=1S/C26H24N4O5/c1-15-11-17(16(2)29(15)19-7-5-18(6-8-19)28(3)4)12-21-24(31)27-26(33)30(25(21)32)20-9-10-22-23(13-20)35-14-34-22/h5-13H,14H2,1-4H3,(H,27,31,33)/b21-12+. The van der Waals surface area contributed by atoms with Crippen LogP contribution in [0, 0.1) is 13.8 Å². The third-order valence-corrected chi connectivity index (χ3v) is 6.11. The molecule has 2 aromatic carbocycles. The zero-order chi connectivity index (χ0) is 24.9. The molecule has 0 bridgehead atoms.